The fraction of sp³-hybridized carbons (Fsp3) is 0.214. The third kappa shape index (κ3) is 2.90. The van der Waals surface area contributed by atoms with E-state index in [0.29, 0.717) is 11.3 Å². The van der Waals surface area contributed by atoms with E-state index in [-0.39, 0.29) is 17.7 Å². The maximum absolute atomic E-state index is 13.8. The first-order chi connectivity index (χ1) is 9.51. The van der Waals surface area contributed by atoms with E-state index in [4.69, 9.17) is 0 Å². The number of benzene rings is 1. The zero-order valence-corrected chi connectivity index (χ0v) is 11.1. The first-order valence-electron chi connectivity index (χ1n) is 5.93. The molecule has 0 amide bonds. The lowest BCUT2D eigenvalue weighted by atomic mass is 10.1. The Hall–Kier alpha value is -2.50. The summed E-state index contributed by atoms with van der Waals surface area (Å²) >= 11 is 0. The summed E-state index contributed by atoms with van der Waals surface area (Å²) < 4.78 is 19.5. The third-order valence-corrected chi connectivity index (χ3v) is 2.77. The Labute approximate surface area is 114 Å². The van der Waals surface area contributed by atoms with Crippen LogP contribution in [0.25, 0.3) is 0 Å². The van der Waals surface area contributed by atoms with Crippen LogP contribution in [-0.2, 0) is 11.3 Å². The number of hydrogen-bond donors (Lipinski definition) is 0. The number of methoxy groups -OCH3 is 1. The monoisotopic (exact) mass is 276 g/mol. The van der Waals surface area contributed by atoms with Gasteiger partial charge in [0.25, 0.3) is 5.56 Å². The maximum atomic E-state index is 13.8. The number of halogens is 1. The molecule has 5 nitrogen and oxygen atoms in total. The van der Waals surface area contributed by atoms with Gasteiger partial charge in [-0.25, -0.2) is 13.9 Å². The second-order valence-corrected chi connectivity index (χ2v) is 4.28. The molecular formula is C14H13FN2O3. The predicted octanol–water partition coefficient (Wildman–Crippen LogP) is 1.53. The van der Waals surface area contributed by atoms with Crippen molar-refractivity contribution in [2.45, 2.75) is 13.5 Å². The number of carbonyl (C=O) groups is 1. The van der Waals surface area contributed by atoms with Gasteiger partial charge in [-0.2, -0.15) is 5.10 Å². The van der Waals surface area contributed by atoms with E-state index in [1.165, 1.54) is 30.0 Å². The van der Waals surface area contributed by atoms with Crippen molar-refractivity contribution >= 4 is 5.97 Å². The summed E-state index contributed by atoms with van der Waals surface area (Å²) in [7, 11) is 1.19. The molecule has 1 aromatic carbocycles. The molecule has 0 spiro atoms. The topological polar surface area (TPSA) is 61.2 Å². The van der Waals surface area contributed by atoms with Crippen LogP contribution in [-0.4, -0.2) is 22.9 Å². The molecule has 6 heteroatoms. The summed E-state index contributed by atoms with van der Waals surface area (Å²) in [6.07, 6.45) is 0. The zero-order chi connectivity index (χ0) is 14.7. The zero-order valence-electron chi connectivity index (χ0n) is 11.1. The summed E-state index contributed by atoms with van der Waals surface area (Å²) in [4.78, 5) is 22.9. The fourth-order valence-corrected chi connectivity index (χ4v) is 1.77. The van der Waals surface area contributed by atoms with E-state index >= 15 is 0 Å². The predicted molar refractivity (Wildman–Crippen MR) is 70.1 cm³/mol. The van der Waals surface area contributed by atoms with E-state index in [1.54, 1.807) is 19.1 Å². The summed E-state index contributed by atoms with van der Waals surface area (Å²) in [5, 5.41) is 4.06. The van der Waals surface area contributed by atoms with Gasteiger partial charge in [0.05, 0.1) is 24.9 Å². The number of aryl methyl sites for hydroxylation is 1. The quantitative estimate of drug-likeness (QED) is 0.798. The summed E-state index contributed by atoms with van der Waals surface area (Å²) in [6, 6.07) is 7.10. The van der Waals surface area contributed by atoms with Crippen LogP contribution < -0.4 is 5.56 Å². The number of ether oxygens (including phenoxy) is 1. The largest absolute Gasteiger partial charge is 0.465 e. The minimum absolute atomic E-state index is 0.138. The minimum atomic E-state index is -0.736. The van der Waals surface area contributed by atoms with E-state index in [0.717, 1.165) is 0 Å². The molecule has 0 aliphatic rings. The van der Waals surface area contributed by atoms with Crippen molar-refractivity contribution < 1.29 is 13.9 Å². The highest BCUT2D eigenvalue weighted by molar-refractivity contribution is 5.89. The molecule has 0 N–H and O–H groups in total. The van der Waals surface area contributed by atoms with Crippen LogP contribution in [0.3, 0.4) is 0 Å². The Bertz CT molecular complexity index is 710. The fourth-order valence-electron chi connectivity index (χ4n) is 1.77. The minimum Gasteiger partial charge on any atom is -0.465 e. The molecule has 20 heavy (non-hydrogen) atoms. The lowest BCUT2D eigenvalue weighted by Crippen LogP contribution is -2.23. The van der Waals surface area contributed by atoms with Gasteiger partial charge in [0.2, 0.25) is 0 Å². The van der Waals surface area contributed by atoms with Crippen LogP contribution in [0.4, 0.5) is 4.39 Å². The highest BCUT2D eigenvalue weighted by Crippen LogP contribution is 2.12. The van der Waals surface area contributed by atoms with Crippen LogP contribution in [0, 0.1) is 12.7 Å². The smallest absolute Gasteiger partial charge is 0.340 e. The number of esters is 1. The number of nitrogens with zero attached hydrogens (tertiary/aromatic N) is 2. The van der Waals surface area contributed by atoms with Crippen LogP contribution >= 0.6 is 0 Å². The molecule has 0 radical (unpaired) electrons. The summed E-state index contributed by atoms with van der Waals surface area (Å²) in [6.45, 7) is 1.90. The summed E-state index contributed by atoms with van der Waals surface area (Å²) in [5.74, 6) is -1.42. The lowest BCUT2D eigenvalue weighted by molar-refractivity contribution is 0.0595. The first kappa shape index (κ1) is 13.9. The maximum Gasteiger partial charge on any atom is 0.340 e. The van der Waals surface area contributed by atoms with E-state index in [1.807, 2.05) is 0 Å². The summed E-state index contributed by atoms with van der Waals surface area (Å²) in [5.41, 5.74) is 0.820. The van der Waals surface area contributed by atoms with Gasteiger partial charge in [-0.15, -0.1) is 0 Å². The van der Waals surface area contributed by atoms with Crippen LogP contribution in [0.5, 0.6) is 0 Å². The van der Waals surface area contributed by atoms with E-state index in [2.05, 4.69) is 9.84 Å². The number of rotatable bonds is 3. The van der Waals surface area contributed by atoms with Crippen molar-refractivity contribution in [1.29, 1.82) is 0 Å². The second-order valence-electron chi connectivity index (χ2n) is 4.28. The normalized spacial score (nSPS) is 10.3. The lowest BCUT2D eigenvalue weighted by Gasteiger charge is -2.07. The van der Waals surface area contributed by atoms with Crippen molar-refractivity contribution in [3.63, 3.8) is 0 Å². The number of carbonyl (C=O) groups excluding carboxylic acids is 1. The Kier molecular flexibility index (Phi) is 3.93. The molecule has 0 aliphatic carbocycles. The Balaban J connectivity index is 2.31. The molecule has 2 rings (SSSR count). The van der Waals surface area contributed by atoms with Gasteiger partial charge in [0.1, 0.15) is 5.82 Å². The molecule has 1 heterocycles. The van der Waals surface area contributed by atoms with Gasteiger partial charge in [0, 0.05) is 6.07 Å². The molecule has 2 aromatic rings. The van der Waals surface area contributed by atoms with Crippen molar-refractivity contribution in [2.24, 2.45) is 0 Å². The van der Waals surface area contributed by atoms with Crippen LogP contribution in [0.1, 0.15) is 21.6 Å². The van der Waals surface area contributed by atoms with Gasteiger partial charge in [-0.3, -0.25) is 4.79 Å². The van der Waals surface area contributed by atoms with Crippen molar-refractivity contribution in [1.82, 2.24) is 9.78 Å². The Morgan fingerprint density at radius 3 is 2.75 bits per heavy atom. The van der Waals surface area contributed by atoms with Crippen molar-refractivity contribution in [3.05, 3.63) is 63.3 Å². The molecular weight excluding hydrogens is 263 g/mol. The van der Waals surface area contributed by atoms with E-state index < -0.39 is 11.8 Å². The second kappa shape index (κ2) is 5.64. The average molecular weight is 276 g/mol. The molecule has 0 aliphatic heterocycles. The molecule has 0 atom stereocenters. The Morgan fingerprint density at radius 1 is 1.35 bits per heavy atom. The van der Waals surface area contributed by atoms with Gasteiger partial charge in [0.15, 0.2) is 0 Å². The average Bonchev–Trinajstić information content (AvgIpc) is 2.42. The third-order valence-electron chi connectivity index (χ3n) is 2.77. The van der Waals surface area contributed by atoms with Crippen molar-refractivity contribution in [2.75, 3.05) is 7.11 Å². The van der Waals surface area contributed by atoms with E-state index in [9.17, 15) is 14.0 Å². The molecule has 0 unspecified atom stereocenters. The Morgan fingerprint density at radius 2 is 2.10 bits per heavy atom. The molecule has 0 bridgehead atoms. The van der Waals surface area contributed by atoms with Crippen LogP contribution in [0.2, 0.25) is 0 Å². The highest BCUT2D eigenvalue weighted by Gasteiger charge is 2.12. The SMILES string of the molecule is COC(=O)c1ccc(Cn2nc(C)ccc2=O)cc1F. The van der Waals surface area contributed by atoms with Gasteiger partial charge < -0.3 is 4.74 Å². The molecule has 104 valence electrons. The van der Waals surface area contributed by atoms with Gasteiger partial charge in [-0.05, 0) is 30.7 Å². The van der Waals surface area contributed by atoms with Gasteiger partial charge >= 0.3 is 5.97 Å². The molecule has 1 aromatic heterocycles. The molecule has 0 saturated heterocycles. The standard InChI is InChI=1S/C14H13FN2O3/c1-9-3-6-13(18)17(16-9)8-10-4-5-11(12(15)7-10)14(19)20-2/h3-7H,8H2,1-2H3. The number of hydrogen-bond acceptors (Lipinski definition) is 4. The molecule has 0 saturated carbocycles. The van der Waals surface area contributed by atoms with Crippen LogP contribution in [0.15, 0.2) is 35.1 Å². The van der Waals surface area contributed by atoms with Crippen molar-refractivity contribution in [3.8, 4) is 0 Å². The first-order valence-corrected chi connectivity index (χ1v) is 5.93. The highest BCUT2D eigenvalue weighted by atomic mass is 19.1. The van der Waals surface area contributed by atoms with Gasteiger partial charge in [-0.1, -0.05) is 6.07 Å². The molecule has 0 fully saturated rings. The number of aromatic nitrogens is 2.